The van der Waals surface area contributed by atoms with Crippen molar-refractivity contribution >= 4 is 122 Å². The van der Waals surface area contributed by atoms with Crippen molar-refractivity contribution in [1.82, 2.24) is 13.7 Å². The van der Waals surface area contributed by atoms with Gasteiger partial charge in [-0.15, -0.1) is 22.7 Å². The first kappa shape index (κ1) is 42.6. The molecule has 0 spiro atoms. The molecule has 0 aliphatic heterocycles. The Labute approximate surface area is 405 Å². The van der Waals surface area contributed by atoms with Gasteiger partial charge in [-0.3, -0.25) is 14.4 Å². The molecule has 12 nitrogen and oxygen atoms in total. The summed E-state index contributed by atoms with van der Waals surface area (Å²) in [7, 11) is 0. The maximum absolute atomic E-state index is 15.1. The fourth-order valence-electron chi connectivity index (χ4n) is 9.37. The van der Waals surface area contributed by atoms with E-state index in [1.165, 1.54) is 42.5 Å². The third kappa shape index (κ3) is 7.11. The number of hydrogen-bond donors (Lipinski definition) is 0. The highest BCUT2D eigenvalue weighted by atomic mass is 32.1. The highest BCUT2D eigenvalue weighted by Gasteiger charge is 2.36. The van der Waals surface area contributed by atoms with Gasteiger partial charge in [0.05, 0.1) is 52.3 Å². The van der Waals surface area contributed by atoms with Crippen LogP contribution in [-0.4, -0.2) is 49.3 Å². The van der Waals surface area contributed by atoms with Crippen LogP contribution in [0.5, 0.6) is 0 Å². The monoisotopic (exact) mass is 957 g/mol. The molecule has 0 N–H and O–H groups in total. The third-order valence-corrected chi connectivity index (χ3v) is 15.0. The fraction of sp³-hybridized carbons (Fsp3) is 0.0714. The minimum absolute atomic E-state index is 0.0384. The Hall–Kier alpha value is -8.72. The van der Waals surface area contributed by atoms with Gasteiger partial charge in [-0.25, -0.2) is 28.1 Å². The van der Waals surface area contributed by atoms with Crippen molar-refractivity contribution in [3.8, 4) is 0 Å². The van der Waals surface area contributed by atoms with E-state index in [1.54, 1.807) is 36.4 Å². The van der Waals surface area contributed by atoms with Crippen LogP contribution in [0, 0.1) is 0 Å². The van der Waals surface area contributed by atoms with E-state index in [0.717, 1.165) is 27.8 Å². The number of nitrogens with zero attached hydrogens (tertiary/aromatic N) is 3. The van der Waals surface area contributed by atoms with Crippen LogP contribution < -0.4 is 0 Å². The normalized spacial score (nSPS) is 14.4. The number of rotatable bonds is 8. The van der Waals surface area contributed by atoms with Crippen LogP contribution in [0.1, 0.15) is 66.3 Å². The fourth-order valence-corrected chi connectivity index (χ4v) is 11.9. The second-order valence-corrected chi connectivity index (χ2v) is 18.9. The Morgan fingerprint density at radius 2 is 0.871 bits per heavy atom. The van der Waals surface area contributed by atoms with Gasteiger partial charge in [0.25, 0.3) is 0 Å². The molecule has 340 valence electrons. The van der Waals surface area contributed by atoms with Gasteiger partial charge in [-0.2, -0.15) is 0 Å². The second kappa shape index (κ2) is 17.1. The van der Waals surface area contributed by atoms with E-state index in [2.05, 4.69) is 0 Å². The predicted octanol–water partition coefficient (Wildman–Crippen LogP) is 12.8. The van der Waals surface area contributed by atoms with E-state index in [0.29, 0.717) is 52.2 Å². The number of carbonyl (C=O) groups is 6. The summed E-state index contributed by atoms with van der Waals surface area (Å²) in [6, 6.07) is 45.3. The summed E-state index contributed by atoms with van der Waals surface area (Å²) in [5.41, 5.74) is 7.05. The quantitative estimate of drug-likeness (QED) is 0.0825. The number of Topliss-reactive ketones (excluding diaryl/α,β-unsaturated/α-hetero) is 3. The van der Waals surface area contributed by atoms with Crippen LogP contribution in [0.25, 0.3) is 64.2 Å². The van der Waals surface area contributed by atoms with Gasteiger partial charge in [0.15, 0.2) is 5.78 Å². The van der Waals surface area contributed by atoms with Crippen LogP contribution in [0.3, 0.4) is 0 Å². The van der Waals surface area contributed by atoms with E-state index < -0.39 is 29.8 Å². The molecule has 0 radical (unpaired) electrons. The Morgan fingerprint density at radius 3 is 1.37 bits per heavy atom. The molecule has 0 fully saturated rings. The van der Waals surface area contributed by atoms with Gasteiger partial charge < -0.3 is 14.2 Å². The van der Waals surface area contributed by atoms with Crippen molar-refractivity contribution in [2.75, 3.05) is 0 Å². The van der Waals surface area contributed by atoms with Gasteiger partial charge in [0.2, 0.25) is 11.6 Å². The van der Waals surface area contributed by atoms with Crippen LogP contribution in [-0.2, 0) is 38.8 Å². The van der Waals surface area contributed by atoms with E-state index >= 15 is 4.79 Å². The first-order chi connectivity index (χ1) is 34.2. The largest absolute Gasteiger partial charge is 0.444 e. The number of allylic oxidation sites excluding steroid dienone is 2. The topological polar surface area (TPSA) is 145 Å². The first-order valence-corrected chi connectivity index (χ1v) is 23.9. The van der Waals surface area contributed by atoms with E-state index in [1.807, 2.05) is 121 Å². The van der Waals surface area contributed by atoms with Crippen molar-refractivity contribution < 1.29 is 43.0 Å². The number of thiophene rings is 2. The van der Waals surface area contributed by atoms with Gasteiger partial charge in [0.1, 0.15) is 19.8 Å². The molecule has 5 heterocycles. The van der Waals surface area contributed by atoms with E-state index in [4.69, 9.17) is 14.2 Å². The summed E-state index contributed by atoms with van der Waals surface area (Å²) < 4.78 is 24.8. The summed E-state index contributed by atoms with van der Waals surface area (Å²) in [4.78, 5) is 84.6. The smallest absolute Gasteiger partial charge is 0.419 e. The van der Waals surface area contributed by atoms with E-state index in [9.17, 15) is 24.0 Å². The lowest BCUT2D eigenvalue weighted by Crippen LogP contribution is -2.18. The molecule has 0 bridgehead atoms. The molecule has 2 aliphatic carbocycles. The van der Waals surface area contributed by atoms with Gasteiger partial charge in [-0.1, -0.05) is 140 Å². The average molecular weight is 958 g/mol. The van der Waals surface area contributed by atoms with Crippen molar-refractivity contribution in [2.24, 2.45) is 0 Å². The molecule has 0 saturated carbocycles. The Morgan fingerprint density at radius 1 is 0.457 bits per heavy atom. The van der Waals surface area contributed by atoms with Crippen LogP contribution in [0.4, 0.5) is 14.4 Å². The Bertz CT molecular complexity index is 3920. The molecule has 14 heteroatoms. The Kier molecular flexibility index (Phi) is 10.4. The molecule has 0 saturated heterocycles. The summed E-state index contributed by atoms with van der Waals surface area (Å²) in [5, 5.41) is 0. The molecule has 2 aliphatic rings. The first-order valence-electron chi connectivity index (χ1n) is 22.2. The second-order valence-electron chi connectivity index (χ2n) is 16.8. The molecular weight excluding hydrogens is 923 g/mol. The highest BCUT2D eigenvalue weighted by molar-refractivity contribution is 7.33. The lowest BCUT2D eigenvalue weighted by Gasteiger charge is -2.12. The minimum Gasteiger partial charge on any atom is -0.444 e. The zero-order chi connectivity index (χ0) is 47.6. The van der Waals surface area contributed by atoms with Crippen molar-refractivity contribution in [3.05, 3.63) is 202 Å². The summed E-state index contributed by atoms with van der Waals surface area (Å²) >= 11 is 2.67. The predicted molar refractivity (Wildman–Crippen MR) is 269 cm³/mol. The lowest BCUT2D eigenvalue weighted by atomic mass is 10.1. The molecule has 70 heavy (non-hydrogen) atoms. The summed E-state index contributed by atoms with van der Waals surface area (Å²) in [6.45, 7) is -0.236. The zero-order valence-corrected chi connectivity index (χ0v) is 38.4. The van der Waals surface area contributed by atoms with Crippen molar-refractivity contribution in [1.29, 1.82) is 0 Å². The third-order valence-electron chi connectivity index (χ3n) is 12.6. The highest BCUT2D eigenvalue weighted by Crippen LogP contribution is 2.49. The molecule has 5 aromatic carbocycles. The molecule has 0 unspecified atom stereocenters. The number of benzene rings is 5. The zero-order valence-electron chi connectivity index (χ0n) is 36.7. The van der Waals surface area contributed by atoms with Crippen LogP contribution >= 0.6 is 22.7 Å². The standard InChI is InChI=1S/C56H35N3O9S2/c60-43-25-35(38-20-10-12-22-40(38)43)24-36-27-44-46(57(36)54(63)66-29-32-14-4-1-5-15-32)48-52(69-44)53-49(59(48)56(65)68-31-34-18-8-3-9-19-34)47-45(70-53)28-37(58(47)55(64)67-30-33-16-6-2-7-17-33)26-42-39-21-11-13-23-41(39)50(61)51(42)62/h1-24,26-28H,25,29-31H2/b35-24+,42-26-. The van der Waals surface area contributed by atoms with E-state index in [-0.39, 0.29) is 54.4 Å². The minimum atomic E-state index is -0.803. The van der Waals surface area contributed by atoms with Crippen LogP contribution in [0.2, 0.25) is 0 Å². The molecule has 12 rings (SSSR count). The number of ether oxygens (including phenoxy) is 3. The SMILES string of the molecule is O=C1C(=O)c2ccccc2/C1=C/c1cc2sc3c4sc5cc(/C=C6\CC(=O)c7ccccc76)n(C(=O)OCc6ccccc6)c5c4n(C(=O)OCc4ccccc4)c3c2n1C(=O)OCc1ccccc1. The van der Waals surface area contributed by atoms with Crippen LogP contribution in [0.15, 0.2) is 152 Å². The number of carbonyl (C=O) groups excluding carboxylic acids is 6. The van der Waals surface area contributed by atoms with Gasteiger partial charge in [0, 0.05) is 23.1 Å². The number of ketones is 3. The molecule has 0 amide bonds. The maximum atomic E-state index is 15.1. The Balaban J connectivity index is 1.11. The van der Waals surface area contributed by atoms with Crippen molar-refractivity contribution in [3.63, 3.8) is 0 Å². The molecular formula is C56H35N3O9S2. The molecule has 5 aromatic heterocycles. The van der Waals surface area contributed by atoms with Crippen molar-refractivity contribution in [2.45, 2.75) is 26.2 Å². The van der Waals surface area contributed by atoms with Gasteiger partial charge in [-0.05, 0) is 57.7 Å². The average Bonchev–Trinajstić information content (AvgIpc) is 4.25. The number of aromatic nitrogens is 3. The van der Waals surface area contributed by atoms with Gasteiger partial charge >= 0.3 is 18.3 Å². The lowest BCUT2D eigenvalue weighted by molar-refractivity contribution is -0.109. The summed E-state index contributed by atoms with van der Waals surface area (Å²) in [6.07, 6.45) is 1.13. The number of hydrogen-bond acceptors (Lipinski definition) is 11. The molecule has 10 aromatic rings. The maximum Gasteiger partial charge on any atom is 0.419 e. The number of fused-ring (bicyclic) bond motifs is 9. The molecule has 0 atom stereocenters. The summed E-state index contributed by atoms with van der Waals surface area (Å²) in [5.74, 6) is -1.41.